The summed E-state index contributed by atoms with van der Waals surface area (Å²) in [7, 11) is -1.44. The number of benzene rings is 2. The lowest BCUT2D eigenvalue weighted by atomic mass is 9.91. The lowest BCUT2D eigenvalue weighted by Crippen LogP contribution is -2.39. The zero-order valence-electron chi connectivity index (χ0n) is 26.6. The van der Waals surface area contributed by atoms with Crippen LogP contribution in [0.5, 0.6) is 0 Å². The number of fused-ring (bicyclic) bond motifs is 1. The van der Waals surface area contributed by atoms with Crippen LogP contribution in [0.2, 0.25) is 0 Å². The fourth-order valence-corrected chi connectivity index (χ4v) is 8.60. The molecular weight excluding hydrogens is 625 g/mol. The number of imidazole rings is 1. The maximum Gasteiger partial charge on any atom is 0.214 e. The number of anilines is 2. The third-order valence-electron chi connectivity index (χ3n) is 9.16. The van der Waals surface area contributed by atoms with Crippen LogP contribution in [0.3, 0.4) is 0 Å². The van der Waals surface area contributed by atoms with Crippen molar-refractivity contribution in [1.82, 2.24) is 18.7 Å². The topological polar surface area (TPSA) is 70.8 Å². The largest absolute Gasteiger partial charge is 0.305 e. The van der Waals surface area contributed by atoms with E-state index in [-0.39, 0.29) is 23.3 Å². The minimum Gasteiger partial charge on any atom is -0.305 e. The van der Waals surface area contributed by atoms with Crippen LogP contribution >= 0.6 is 11.3 Å². The fourth-order valence-electron chi connectivity index (χ4n) is 6.27. The molecule has 2 aromatic carbocycles. The molecule has 0 amide bonds. The summed E-state index contributed by atoms with van der Waals surface area (Å²) in [4.78, 5) is 11.8. The third-order valence-corrected chi connectivity index (χ3v) is 12.0. The Labute approximate surface area is 273 Å². The summed E-state index contributed by atoms with van der Waals surface area (Å²) in [6.45, 7) is 6.64. The Hall–Kier alpha value is -3.67. The number of hydrogen-bond acceptors (Lipinski definition) is 6. The van der Waals surface area contributed by atoms with Crippen molar-refractivity contribution in [3.8, 4) is 11.3 Å². The number of hydrogen-bond donors (Lipinski definition) is 0. The SMILES string of the molecule is CCc1nc2ccc(C3CCN(S(=O)(=O)CCCc4ccc(C)c(C)c4F)CC3)cn2c1N(C)c1nc(-c2ccc(F)cc2)cs1. The summed E-state index contributed by atoms with van der Waals surface area (Å²) >= 11 is 1.52. The average Bonchev–Trinajstić information content (AvgIpc) is 3.70. The molecule has 1 fully saturated rings. The number of pyridine rings is 1. The first kappa shape index (κ1) is 32.3. The van der Waals surface area contributed by atoms with E-state index in [0.717, 1.165) is 63.9 Å². The highest BCUT2D eigenvalue weighted by molar-refractivity contribution is 7.89. The quantitative estimate of drug-likeness (QED) is 0.152. The molecule has 1 aliphatic rings. The van der Waals surface area contributed by atoms with Crippen molar-refractivity contribution in [1.29, 1.82) is 0 Å². The third kappa shape index (κ3) is 6.45. The minimum atomic E-state index is -3.43. The Morgan fingerprint density at radius 2 is 1.74 bits per heavy atom. The van der Waals surface area contributed by atoms with E-state index in [1.165, 1.54) is 23.5 Å². The van der Waals surface area contributed by atoms with Gasteiger partial charge in [-0.3, -0.25) is 4.40 Å². The summed E-state index contributed by atoms with van der Waals surface area (Å²) in [5, 5.41) is 2.78. The molecule has 6 rings (SSSR count). The van der Waals surface area contributed by atoms with Crippen molar-refractivity contribution >= 4 is 38.0 Å². The lowest BCUT2D eigenvalue weighted by molar-refractivity contribution is 0.319. The van der Waals surface area contributed by atoms with E-state index in [0.29, 0.717) is 37.1 Å². The van der Waals surface area contributed by atoms with Gasteiger partial charge in [-0.2, -0.15) is 0 Å². The standard InChI is InChI=1S/C35H39F2N5O2S2/c1-5-30-34(40(4)35-39-31(22-45-35)26-10-13-29(36)14-11-26)42-21-28(12-15-32(42)38-30)25-16-18-41(19-17-25)46(43,44)20-6-7-27-9-8-23(2)24(3)33(27)37/h8-15,21-22,25H,5-7,16-20H2,1-4H3. The van der Waals surface area contributed by atoms with Gasteiger partial charge in [0, 0.05) is 37.3 Å². The van der Waals surface area contributed by atoms with Gasteiger partial charge in [0.2, 0.25) is 10.0 Å². The van der Waals surface area contributed by atoms with Gasteiger partial charge in [0.15, 0.2) is 5.13 Å². The van der Waals surface area contributed by atoms with E-state index in [1.807, 2.05) is 31.5 Å². The molecule has 0 aliphatic carbocycles. The Morgan fingerprint density at radius 3 is 2.46 bits per heavy atom. The van der Waals surface area contributed by atoms with Crippen LogP contribution in [-0.2, 0) is 22.9 Å². The van der Waals surface area contributed by atoms with Gasteiger partial charge in [0.25, 0.3) is 0 Å². The maximum atomic E-state index is 14.6. The predicted molar refractivity (Wildman–Crippen MR) is 182 cm³/mol. The molecule has 0 atom stereocenters. The molecule has 0 spiro atoms. The van der Waals surface area contributed by atoms with E-state index in [1.54, 1.807) is 29.4 Å². The molecule has 3 aromatic heterocycles. The van der Waals surface area contributed by atoms with Crippen LogP contribution in [0.25, 0.3) is 16.9 Å². The highest BCUT2D eigenvalue weighted by atomic mass is 32.2. The van der Waals surface area contributed by atoms with Crippen LogP contribution in [0.1, 0.15) is 60.1 Å². The van der Waals surface area contributed by atoms with Crippen LogP contribution in [0, 0.1) is 25.5 Å². The van der Waals surface area contributed by atoms with Crippen molar-refractivity contribution in [2.75, 3.05) is 30.8 Å². The second kappa shape index (κ2) is 13.2. The number of thiazole rings is 1. The van der Waals surface area contributed by atoms with Gasteiger partial charge >= 0.3 is 0 Å². The number of rotatable bonds is 10. The van der Waals surface area contributed by atoms with Crippen LogP contribution < -0.4 is 4.90 Å². The normalized spacial score (nSPS) is 14.7. The summed E-state index contributed by atoms with van der Waals surface area (Å²) < 4.78 is 58.2. The molecule has 0 N–H and O–H groups in total. The molecule has 0 unspecified atom stereocenters. The zero-order valence-corrected chi connectivity index (χ0v) is 28.3. The Morgan fingerprint density at radius 1 is 1.00 bits per heavy atom. The average molecular weight is 664 g/mol. The summed E-state index contributed by atoms with van der Waals surface area (Å²) in [5.41, 5.74) is 6.70. The van der Waals surface area contributed by atoms with Crippen LogP contribution in [0.4, 0.5) is 19.7 Å². The van der Waals surface area contributed by atoms with E-state index >= 15 is 0 Å². The number of aromatic nitrogens is 3. The number of halogens is 2. The van der Waals surface area contributed by atoms with Crippen LogP contribution in [-0.4, -0.2) is 53.0 Å². The van der Waals surface area contributed by atoms with Crippen molar-refractivity contribution in [2.24, 2.45) is 0 Å². The van der Waals surface area contributed by atoms with Gasteiger partial charge in [0.1, 0.15) is 23.1 Å². The monoisotopic (exact) mass is 663 g/mol. The molecule has 1 aliphatic heterocycles. The van der Waals surface area contributed by atoms with Gasteiger partial charge in [-0.25, -0.2) is 31.5 Å². The second-order valence-electron chi connectivity index (χ2n) is 12.1. The smallest absolute Gasteiger partial charge is 0.214 e. The molecule has 242 valence electrons. The van der Waals surface area contributed by atoms with Crippen LogP contribution in [0.15, 0.2) is 60.1 Å². The molecule has 46 heavy (non-hydrogen) atoms. The first-order chi connectivity index (χ1) is 22.1. The van der Waals surface area contributed by atoms with Crippen molar-refractivity contribution in [3.63, 3.8) is 0 Å². The fraction of sp³-hybridized carbons (Fsp3) is 0.371. The van der Waals surface area contributed by atoms with Gasteiger partial charge in [-0.15, -0.1) is 11.3 Å². The molecule has 0 radical (unpaired) electrons. The Bertz CT molecular complexity index is 1960. The van der Waals surface area contributed by atoms with Crippen molar-refractivity contribution in [2.45, 2.75) is 58.8 Å². The first-order valence-corrected chi connectivity index (χ1v) is 18.2. The molecule has 1 saturated heterocycles. The molecule has 4 heterocycles. The van der Waals surface area contributed by atoms with Gasteiger partial charge in [0.05, 0.1) is 17.1 Å². The predicted octanol–water partition coefficient (Wildman–Crippen LogP) is 7.83. The number of aryl methyl sites for hydroxylation is 3. The zero-order chi connectivity index (χ0) is 32.6. The molecule has 11 heteroatoms. The highest BCUT2D eigenvalue weighted by Gasteiger charge is 2.29. The summed E-state index contributed by atoms with van der Waals surface area (Å²) in [6.07, 6.45) is 5.13. The molecule has 0 bridgehead atoms. The lowest BCUT2D eigenvalue weighted by Gasteiger charge is -2.31. The Balaban J connectivity index is 1.14. The van der Waals surface area contributed by atoms with E-state index in [4.69, 9.17) is 9.97 Å². The Kier molecular flexibility index (Phi) is 9.27. The summed E-state index contributed by atoms with van der Waals surface area (Å²) in [6, 6.07) is 14.1. The van der Waals surface area contributed by atoms with E-state index in [2.05, 4.69) is 28.5 Å². The second-order valence-corrected chi connectivity index (χ2v) is 15.0. The number of piperidine rings is 1. The summed E-state index contributed by atoms with van der Waals surface area (Å²) in [5.74, 6) is 0.671. The molecule has 7 nitrogen and oxygen atoms in total. The first-order valence-electron chi connectivity index (χ1n) is 15.7. The molecular formula is C35H39F2N5O2S2. The van der Waals surface area contributed by atoms with E-state index < -0.39 is 10.0 Å². The maximum absolute atomic E-state index is 14.6. The number of nitrogens with zero attached hydrogens (tertiary/aromatic N) is 5. The molecule has 0 saturated carbocycles. The highest BCUT2D eigenvalue weighted by Crippen LogP contribution is 2.36. The van der Waals surface area contributed by atoms with Crippen molar-refractivity contribution in [3.05, 3.63) is 99.7 Å². The number of sulfonamides is 1. The van der Waals surface area contributed by atoms with Gasteiger partial charge in [-0.1, -0.05) is 25.1 Å². The molecule has 5 aromatic rings. The minimum absolute atomic E-state index is 0.0140. The van der Waals surface area contributed by atoms with Gasteiger partial charge < -0.3 is 4.90 Å². The van der Waals surface area contributed by atoms with Crippen molar-refractivity contribution < 1.29 is 17.2 Å². The van der Waals surface area contributed by atoms with E-state index in [9.17, 15) is 17.2 Å². The van der Waals surface area contributed by atoms with Gasteiger partial charge in [-0.05, 0) is 104 Å².